The summed E-state index contributed by atoms with van der Waals surface area (Å²) in [4.78, 5) is 30.7. The van der Waals surface area contributed by atoms with Gasteiger partial charge in [-0.25, -0.2) is 4.99 Å². The first kappa shape index (κ1) is 16.5. The van der Waals surface area contributed by atoms with Gasteiger partial charge in [-0.2, -0.15) is 30.8 Å². The van der Waals surface area contributed by atoms with Gasteiger partial charge < -0.3 is 10.4 Å². The number of carboxylic acids is 1. The molecule has 2 N–H and O–H groups in total. The van der Waals surface area contributed by atoms with Gasteiger partial charge in [-0.1, -0.05) is 6.66 Å². The van der Waals surface area contributed by atoms with Crippen LogP contribution in [-0.2, 0) is 9.59 Å². The van der Waals surface area contributed by atoms with Gasteiger partial charge in [-0.3, -0.25) is 14.6 Å². The number of hydrogen-bond donors (Lipinski definition) is 2. The van der Waals surface area contributed by atoms with Crippen molar-refractivity contribution in [1.82, 2.24) is 5.32 Å². The minimum atomic E-state index is -0.986. The van der Waals surface area contributed by atoms with Crippen molar-refractivity contribution in [2.75, 3.05) is 13.2 Å². The Balaban J connectivity index is 0.000000557. The van der Waals surface area contributed by atoms with Crippen molar-refractivity contribution in [3.8, 4) is 0 Å². The van der Waals surface area contributed by atoms with Crippen LogP contribution in [0.4, 0.5) is 0 Å². The van der Waals surface area contributed by atoms with Gasteiger partial charge in [0.25, 0.3) is 0 Å². The standard InChI is InChI=1S/C7H9N3O3.CH4BIP/c11-6(1-2-7(12)13)10-5-3-8-4-9-5;1-4-2-3/h4H,1-3H2,(H,12,13)(H,8,9,10,11);4H,1H3. The van der Waals surface area contributed by atoms with Crippen LogP contribution in [0.5, 0.6) is 0 Å². The summed E-state index contributed by atoms with van der Waals surface area (Å²) in [5.41, 5.74) is 0. The smallest absolute Gasteiger partial charge is 0.303 e. The number of amidine groups is 1. The van der Waals surface area contributed by atoms with E-state index in [9.17, 15) is 9.59 Å². The van der Waals surface area contributed by atoms with Crippen molar-refractivity contribution in [2.45, 2.75) is 12.8 Å². The molecule has 0 bridgehead atoms. The molecule has 0 spiro atoms. The van der Waals surface area contributed by atoms with Crippen molar-refractivity contribution in [1.29, 1.82) is 0 Å². The van der Waals surface area contributed by atoms with Crippen LogP contribution < -0.4 is 5.32 Å². The highest BCUT2D eigenvalue weighted by atomic mass is 127. The Kier molecular flexibility index (Phi) is 10.3. The third-order valence-electron chi connectivity index (χ3n) is 1.50. The highest BCUT2D eigenvalue weighted by Gasteiger charge is 2.09. The van der Waals surface area contributed by atoms with Gasteiger partial charge in [0.05, 0.1) is 13.0 Å². The zero-order chi connectivity index (χ0) is 13.1. The molecule has 17 heavy (non-hydrogen) atoms. The average Bonchev–Trinajstić information content (AvgIpc) is 2.79. The van der Waals surface area contributed by atoms with E-state index >= 15 is 0 Å². The fraction of sp³-hybridized carbons (Fsp3) is 0.500. The molecule has 0 aliphatic carbocycles. The molecule has 1 aliphatic rings. The van der Waals surface area contributed by atoms with Gasteiger partial charge in [-0.15, -0.1) is 0 Å². The van der Waals surface area contributed by atoms with E-state index in [0.29, 0.717) is 12.4 Å². The van der Waals surface area contributed by atoms with Gasteiger partial charge in [0.1, 0.15) is 12.2 Å². The predicted molar refractivity (Wildman–Crippen MR) is 79.8 cm³/mol. The van der Waals surface area contributed by atoms with Crippen LogP contribution in [0.1, 0.15) is 12.8 Å². The summed E-state index contributed by atoms with van der Waals surface area (Å²) in [7, 11) is 1.00. The quantitative estimate of drug-likeness (QED) is 0.434. The topological polar surface area (TPSA) is 91.1 Å². The highest BCUT2D eigenvalue weighted by Crippen LogP contribution is 2.00. The van der Waals surface area contributed by atoms with Crippen LogP contribution in [0, 0.1) is 0 Å². The van der Waals surface area contributed by atoms with Crippen LogP contribution in [0.15, 0.2) is 9.98 Å². The number of amides is 1. The van der Waals surface area contributed by atoms with E-state index in [-0.39, 0.29) is 18.7 Å². The van der Waals surface area contributed by atoms with Crippen LogP contribution >= 0.6 is 30.8 Å². The van der Waals surface area contributed by atoms with E-state index in [1.54, 1.807) is 0 Å². The number of hydrogen-bond acceptors (Lipinski definition) is 4. The molecule has 0 aromatic carbocycles. The monoisotopic (exact) mass is 368 g/mol. The Labute approximate surface area is 116 Å². The van der Waals surface area contributed by atoms with Crippen molar-refractivity contribution in [2.24, 2.45) is 9.98 Å². The maximum atomic E-state index is 11.0. The summed E-state index contributed by atoms with van der Waals surface area (Å²) in [5.74, 6) is -0.859. The molecular weight excluding hydrogens is 355 g/mol. The Morgan fingerprint density at radius 2 is 2.29 bits per heavy atom. The van der Waals surface area contributed by atoms with E-state index in [4.69, 9.17) is 5.11 Å². The molecular formula is C8H13BIN3O3P. The zero-order valence-corrected chi connectivity index (χ0v) is 12.5. The molecule has 1 atom stereocenters. The molecule has 0 saturated carbocycles. The summed E-state index contributed by atoms with van der Waals surface area (Å²) < 4.78 is 0. The fourth-order valence-electron chi connectivity index (χ4n) is 0.794. The third-order valence-corrected chi connectivity index (χ3v) is 3.58. The SMILES string of the molecule is CP[B]I.O=C(O)CCC(=O)NC1=NC=NC1. The van der Waals surface area contributed by atoms with Gasteiger partial charge in [0, 0.05) is 6.42 Å². The first-order valence-corrected chi connectivity index (χ1v) is 7.58. The van der Waals surface area contributed by atoms with Crippen molar-refractivity contribution in [3.63, 3.8) is 0 Å². The van der Waals surface area contributed by atoms with E-state index in [1.807, 2.05) is 0 Å². The number of rotatable bonds is 4. The van der Waals surface area contributed by atoms with Gasteiger partial charge in [-0.05, 0) is 0 Å². The lowest BCUT2D eigenvalue weighted by atomic mass is 10.3. The molecule has 0 aromatic heterocycles. The van der Waals surface area contributed by atoms with E-state index < -0.39 is 5.97 Å². The van der Waals surface area contributed by atoms with Crippen LogP contribution in [0.2, 0.25) is 0 Å². The molecule has 1 unspecified atom stereocenters. The number of carboxylic acid groups (broad SMARTS) is 1. The lowest BCUT2D eigenvalue weighted by Crippen LogP contribution is -2.31. The summed E-state index contributed by atoms with van der Waals surface area (Å²) >= 11 is 2.24. The lowest BCUT2D eigenvalue weighted by molar-refractivity contribution is -0.138. The zero-order valence-electron chi connectivity index (χ0n) is 9.31. The van der Waals surface area contributed by atoms with Crippen LogP contribution in [0.3, 0.4) is 0 Å². The number of nitrogens with zero attached hydrogens (tertiary/aromatic N) is 2. The third kappa shape index (κ3) is 10.4. The fourth-order valence-corrected chi connectivity index (χ4v) is 0.794. The summed E-state index contributed by atoms with van der Waals surface area (Å²) in [5, 5.41) is 10.7. The molecule has 1 amide bonds. The van der Waals surface area contributed by atoms with E-state index in [2.05, 4.69) is 49.2 Å². The molecule has 0 fully saturated rings. The van der Waals surface area contributed by atoms with E-state index in [0.717, 1.165) is 8.46 Å². The second-order valence-electron chi connectivity index (χ2n) is 2.87. The Hall–Kier alpha value is -0.495. The Bertz CT molecular complexity index is 323. The molecule has 93 valence electrons. The number of nitrogens with one attached hydrogen (secondary N) is 1. The Morgan fingerprint density at radius 3 is 2.71 bits per heavy atom. The molecule has 6 nitrogen and oxygen atoms in total. The van der Waals surface area contributed by atoms with Crippen molar-refractivity contribution in [3.05, 3.63) is 0 Å². The van der Waals surface area contributed by atoms with Crippen LogP contribution in [-0.4, -0.2) is 47.2 Å². The minimum absolute atomic E-state index is 0.0334. The molecule has 1 rings (SSSR count). The maximum absolute atomic E-state index is 11.0. The maximum Gasteiger partial charge on any atom is 0.303 e. The molecule has 9 heteroatoms. The number of halogens is 1. The number of carbonyl (C=O) groups excluding carboxylic acids is 1. The highest BCUT2D eigenvalue weighted by molar-refractivity contribution is 14.1. The Morgan fingerprint density at radius 1 is 1.65 bits per heavy atom. The van der Waals surface area contributed by atoms with Gasteiger partial charge >= 0.3 is 5.97 Å². The number of aliphatic imine (C=N–C) groups is 2. The second kappa shape index (κ2) is 10.6. The van der Waals surface area contributed by atoms with Gasteiger partial charge in [0.2, 0.25) is 10.8 Å². The minimum Gasteiger partial charge on any atom is -0.481 e. The number of aliphatic carboxylic acids is 1. The largest absolute Gasteiger partial charge is 0.481 e. The first-order chi connectivity index (χ1) is 8.10. The predicted octanol–water partition coefficient (Wildman–Crippen LogP) is 0.672. The lowest BCUT2D eigenvalue weighted by Gasteiger charge is -2.01. The molecule has 1 radical (unpaired) electrons. The molecule has 0 saturated heterocycles. The second-order valence-corrected chi connectivity index (χ2v) is 5.54. The average molecular weight is 368 g/mol. The summed E-state index contributed by atoms with van der Waals surface area (Å²) in [6.45, 7) is 2.51. The number of carbonyl (C=O) groups is 2. The normalized spacial score (nSPS) is 12.9. The molecule has 0 aromatic rings. The van der Waals surface area contributed by atoms with Gasteiger partial charge in [0.15, 0.2) is 0 Å². The van der Waals surface area contributed by atoms with Crippen LogP contribution in [0.25, 0.3) is 0 Å². The molecule has 1 aliphatic heterocycles. The first-order valence-electron chi connectivity index (χ1n) is 4.76. The molecule has 1 heterocycles. The summed E-state index contributed by atoms with van der Waals surface area (Å²) in [6.07, 6.45) is 1.15. The van der Waals surface area contributed by atoms with E-state index in [1.165, 1.54) is 6.34 Å². The van der Waals surface area contributed by atoms with Crippen molar-refractivity contribution < 1.29 is 14.7 Å². The summed E-state index contributed by atoms with van der Waals surface area (Å²) in [6, 6.07) is 0. The van der Waals surface area contributed by atoms with Crippen molar-refractivity contribution >= 4 is 59.7 Å².